The van der Waals surface area contributed by atoms with Crippen LogP contribution in [0.5, 0.6) is 0 Å². The largest absolute Gasteiger partial charge is 0.308 e. The van der Waals surface area contributed by atoms with Crippen molar-refractivity contribution in [2.75, 3.05) is 27.2 Å². The number of rotatable bonds is 2. The molecule has 0 spiro atoms. The van der Waals surface area contributed by atoms with E-state index in [0.717, 1.165) is 0 Å². The Morgan fingerprint density at radius 1 is 1.16 bits per heavy atom. The van der Waals surface area contributed by atoms with Crippen LogP contribution >= 0.6 is 11.3 Å². The van der Waals surface area contributed by atoms with Crippen LogP contribution in [0.15, 0.2) is 0 Å². The summed E-state index contributed by atoms with van der Waals surface area (Å²) in [4.78, 5) is 9.04. The molecule has 1 aromatic heterocycles. The molecule has 2 heterocycles. The number of thiazole rings is 1. The Hall–Kier alpha value is -0.450. The van der Waals surface area contributed by atoms with Crippen molar-refractivity contribution in [1.82, 2.24) is 15.2 Å². The van der Waals surface area contributed by atoms with E-state index in [4.69, 9.17) is 4.98 Å². The number of aromatic nitrogens is 1. The van der Waals surface area contributed by atoms with Gasteiger partial charge in [0.05, 0.1) is 11.2 Å². The Kier molecular flexibility index (Phi) is 3.92. The number of nitrogens with zero attached hydrogens (tertiary/aromatic N) is 2. The normalized spacial score (nSPS) is 28.9. The Morgan fingerprint density at radius 3 is 2.79 bits per heavy atom. The average Bonchev–Trinajstić information content (AvgIpc) is 2.77. The highest BCUT2D eigenvalue weighted by molar-refractivity contribution is 7.11. The van der Waals surface area contributed by atoms with Crippen LogP contribution in [-0.2, 0) is 18.4 Å². The second-order valence-corrected chi connectivity index (χ2v) is 7.17. The number of nitrogens with one attached hydrogen (secondary N) is 1. The van der Waals surface area contributed by atoms with Gasteiger partial charge in [-0.3, -0.25) is 0 Å². The minimum Gasteiger partial charge on any atom is -0.308 e. The molecule has 2 aliphatic rings. The van der Waals surface area contributed by atoms with Gasteiger partial charge in [0.1, 0.15) is 5.01 Å². The first-order chi connectivity index (χ1) is 9.23. The molecule has 0 amide bonds. The summed E-state index contributed by atoms with van der Waals surface area (Å²) in [6, 6.07) is 0. The van der Waals surface area contributed by atoms with Gasteiger partial charge in [-0.2, -0.15) is 0 Å². The number of hydrogen-bond acceptors (Lipinski definition) is 4. The molecule has 1 aromatic rings. The van der Waals surface area contributed by atoms with E-state index in [0.29, 0.717) is 0 Å². The van der Waals surface area contributed by atoms with Gasteiger partial charge in [-0.1, -0.05) is 0 Å². The van der Waals surface area contributed by atoms with Crippen LogP contribution in [-0.4, -0.2) is 37.1 Å². The van der Waals surface area contributed by atoms with Crippen molar-refractivity contribution < 1.29 is 0 Å². The second kappa shape index (κ2) is 5.51. The quantitative estimate of drug-likeness (QED) is 0.902. The molecule has 0 radical (unpaired) electrons. The van der Waals surface area contributed by atoms with Crippen molar-refractivity contribution in [3.63, 3.8) is 0 Å². The summed E-state index contributed by atoms with van der Waals surface area (Å²) in [5, 5.41) is 4.98. The lowest BCUT2D eigenvalue weighted by Gasteiger charge is -2.30. The Morgan fingerprint density at radius 2 is 2.00 bits per heavy atom. The fourth-order valence-electron chi connectivity index (χ4n) is 3.40. The maximum Gasteiger partial charge on any atom is 0.113 e. The predicted molar refractivity (Wildman–Crippen MR) is 80.8 cm³/mol. The summed E-state index contributed by atoms with van der Waals surface area (Å²) in [5.41, 5.74) is 1.53. The first kappa shape index (κ1) is 13.5. The van der Waals surface area contributed by atoms with Gasteiger partial charge < -0.3 is 10.2 Å². The zero-order valence-electron chi connectivity index (χ0n) is 12.2. The van der Waals surface area contributed by atoms with Gasteiger partial charge in [-0.15, -0.1) is 11.3 Å². The van der Waals surface area contributed by atoms with Crippen LogP contribution in [0.2, 0.25) is 0 Å². The molecule has 106 valence electrons. The second-order valence-electron chi connectivity index (χ2n) is 6.08. The van der Waals surface area contributed by atoms with Crippen molar-refractivity contribution in [3.05, 3.63) is 15.6 Å². The highest BCUT2D eigenvalue weighted by atomic mass is 32.1. The molecule has 1 fully saturated rings. The molecule has 1 N–H and O–H groups in total. The van der Waals surface area contributed by atoms with Gasteiger partial charge in [0.2, 0.25) is 0 Å². The molecule has 19 heavy (non-hydrogen) atoms. The third kappa shape index (κ3) is 2.58. The molecule has 3 nitrogen and oxygen atoms in total. The third-order valence-electron chi connectivity index (χ3n) is 4.80. The monoisotopic (exact) mass is 279 g/mol. The Balaban J connectivity index is 1.90. The molecule has 0 bridgehead atoms. The molecule has 1 unspecified atom stereocenters. The van der Waals surface area contributed by atoms with E-state index in [2.05, 4.69) is 24.3 Å². The fraction of sp³-hybridized carbons (Fsp3) is 0.800. The number of hydrogen-bond donors (Lipinski definition) is 1. The lowest BCUT2D eigenvalue weighted by molar-refractivity contribution is 0.296. The SMILES string of the molecule is CNC1(c2nc3c(s2)CCCC3)CCCN(C)CC1. The summed E-state index contributed by atoms with van der Waals surface area (Å²) in [5.74, 6) is 0. The minimum atomic E-state index is 0.132. The van der Waals surface area contributed by atoms with E-state index in [1.165, 1.54) is 68.7 Å². The standard InChI is InChI=1S/C15H25N3S/c1-16-15(8-5-10-18(2)11-9-15)14-17-12-6-3-4-7-13(12)19-14/h16H,3-11H2,1-2H3. The zero-order chi connectivity index (χ0) is 13.3. The van der Waals surface area contributed by atoms with Crippen LogP contribution in [0.4, 0.5) is 0 Å². The first-order valence-corrected chi connectivity index (χ1v) is 8.42. The number of fused-ring (bicyclic) bond motifs is 1. The van der Waals surface area contributed by atoms with Crippen molar-refractivity contribution >= 4 is 11.3 Å². The number of aryl methyl sites for hydroxylation is 2. The maximum absolute atomic E-state index is 5.02. The van der Waals surface area contributed by atoms with Crippen LogP contribution in [0.3, 0.4) is 0 Å². The predicted octanol–water partition coefficient (Wildman–Crippen LogP) is 2.55. The van der Waals surface area contributed by atoms with E-state index in [-0.39, 0.29) is 5.54 Å². The Labute approximate surface area is 120 Å². The molecule has 0 aromatic carbocycles. The third-order valence-corrected chi connectivity index (χ3v) is 6.16. The summed E-state index contributed by atoms with van der Waals surface area (Å²) >= 11 is 1.98. The summed E-state index contributed by atoms with van der Waals surface area (Å²) < 4.78 is 0. The molecular formula is C15H25N3S. The fourth-order valence-corrected chi connectivity index (χ4v) is 4.80. The van der Waals surface area contributed by atoms with Gasteiger partial charge in [0, 0.05) is 11.4 Å². The van der Waals surface area contributed by atoms with Crippen LogP contribution in [0.25, 0.3) is 0 Å². The van der Waals surface area contributed by atoms with Gasteiger partial charge in [-0.25, -0.2) is 4.98 Å². The maximum atomic E-state index is 5.02. The van der Waals surface area contributed by atoms with Gasteiger partial charge in [0.25, 0.3) is 0 Å². The van der Waals surface area contributed by atoms with Crippen molar-refractivity contribution in [2.24, 2.45) is 0 Å². The van der Waals surface area contributed by atoms with Crippen LogP contribution < -0.4 is 5.32 Å². The molecule has 0 saturated carbocycles. The van der Waals surface area contributed by atoms with Crippen LogP contribution in [0, 0.1) is 0 Å². The Bertz CT molecular complexity index is 419. The lowest BCUT2D eigenvalue weighted by Crippen LogP contribution is -2.40. The van der Waals surface area contributed by atoms with E-state index >= 15 is 0 Å². The molecule has 4 heteroatoms. The van der Waals surface area contributed by atoms with Crippen molar-refractivity contribution in [3.8, 4) is 0 Å². The topological polar surface area (TPSA) is 28.2 Å². The average molecular weight is 279 g/mol. The highest BCUT2D eigenvalue weighted by Crippen LogP contribution is 2.38. The lowest BCUT2D eigenvalue weighted by atomic mass is 9.91. The highest BCUT2D eigenvalue weighted by Gasteiger charge is 2.36. The molecular weight excluding hydrogens is 254 g/mol. The first-order valence-electron chi connectivity index (χ1n) is 7.60. The summed E-state index contributed by atoms with van der Waals surface area (Å²) in [7, 11) is 4.35. The van der Waals surface area contributed by atoms with Gasteiger partial charge in [-0.05, 0) is 65.6 Å². The molecule has 3 rings (SSSR count). The molecule has 1 saturated heterocycles. The van der Waals surface area contributed by atoms with Crippen molar-refractivity contribution in [2.45, 2.75) is 50.5 Å². The zero-order valence-corrected chi connectivity index (χ0v) is 13.0. The van der Waals surface area contributed by atoms with Gasteiger partial charge in [0.15, 0.2) is 0 Å². The van der Waals surface area contributed by atoms with E-state index in [9.17, 15) is 0 Å². The van der Waals surface area contributed by atoms with E-state index in [1.807, 2.05) is 11.3 Å². The van der Waals surface area contributed by atoms with Crippen molar-refractivity contribution in [1.29, 1.82) is 0 Å². The molecule has 1 aliphatic carbocycles. The smallest absolute Gasteiger partial charge is 0.113 e. The molecule has 1 atom stereocenters. The summed E-state index contributed by atoms with van der Waals surface area (Å²) in [6.45, 7) is 2.39. The van der Waals surface area contributed by atoms with E-state index < -0.39 is 0 Å². The van der Waals surface area contributed by atoms with Crippen LogP contribution in [0.1, 0.15) is 47.7 Å². The minimum absolute atomic E-state index is 0.132. The molecule has 1 aliphatic heterocycles. The number of likely N-dealkylation sites (tertiary alicyclic amines) is 1. The van der Waals surface area contributed by atoms with E-state index in [1.54, 1.807) is 4.88 Å². The van der Waals surface area contributed by atoms with Gasteiger partial charge >= 0.3 is 0 Å². The summed E-state index contributed by atoms with van der Waals surface area (Å²) in [6.07, 6.45) is 8.81.